The molecule has 0 radical (unpaired) electrons. The first kappa shape index (κ1) is 13.2. The molecule has 0 atom stereocenters. The number of para-hydroxylation sites is 2. The Morgan fingerprint density at radius 3 is 2.47 bits per heavy atom. The Hall–Kier alpha value is -1.82. The molecule has 1 rings (SSSR count). The number of rotatable bonds is 5. The van der Waals surface area contributed by atoms with Gasteiger partial charge in [0, 0.05) is 0 Å². The highest BCUT2D eigenvalue weighted by molar-refractivity contribution is 7.92. The molecule has 0 aliphatic carbocycles. The van der Waals surface area contributed by atoms with Crippen LogP contribution < -0.4 is 10.0 Å². The average molecular weight is 254 g/mol. The van der Waals surface area contributed by atoms with Crippen molar-refractivity contribution < 1.29 is 13.2 Å². The second-order valence-electron chi connectivity index (χ2n) is 3.24. The number of anilines is 2. The van der Waals surface area contributed by atoms with E-state index in [0.29, 0.717) is 11.4 Å². The van der Waals surface area contributed by atoms with E-state index >= 15 is 0 Å². The molecule has 0 heterocycles. The predicted octanol–water partition coefficient (Wildman–Crippen LogP) is 1.57. The Morgan fingerprint density at radius 1 is 1.35 bits per heavy atom. The van der Waals surface area contributed by atoms with Crippen LogP contribution in [0.5, 0.6) is 0 Å². The van der Waals surface area contributed by atoms with Gasteiger partial charge in [0.05, 0.1) is 17.1 Å². The number of hydrogen-bond donors (Lipinski definition) is 2. The maximum Gasteiger partial charge on any atom is 0.247 e. The van der Waals surface area contributed by atoms with Gasteiger partial charge in [-0.1, -0.05) is 18.7 Å². The largest absolute Gasteiger partial charge is 0.321 e. The van der Waals surface area contributed by atoms with E-state index in [1.165, 1.54) is 6.92 Å². The van der Waals surface area contributed by atoms with Crippen LogP contribution in [0.3, 0.4) is 0 Å². The van der Waals surface area contributed by atoms with Gasteiger partial charge in [0.2, 0.25) is 15.9 Å². The number of benzene rings is 1. The first-order valence-corrected chi connectivity index (χ1v) is 6.66. The van der Waals surface area contributed by atoms with Crippen LogP contribution >= 0.6 is 0 Å². The summed E-state index contributed by atoms with van der Waals surface area (Å²) in [6.45, 7) is 4.86. The zero-order valence-electron chi connectivity index (χ0n) is 9.43. The van der Waals surface area contributed by atoms with Gasteiger partial charge in [-0.25, -0.2) is 8.42 Å². The maximum atomic E-state index is 11.4. The van der Waals surface area contributed by atoms with Gasteiger partial charge < -0.3 is 5.32 Å². The van der Waals surface area contributed by atoms with Gasteiger partial charge in [-0.05, 0) is 25.1 Å². The van der Waals surface area contributed by atoms with Crippen molar-refractivity contribution in [3.05, 3.63) is 36.9 Å². The molecule has 0 unspecified atom stereocenters. The van der Waals surface area contributed by atoms with Gasteiger partial charge in [-0.15, -0.1) is 0 Å². The van der Waals surface area contributed by atoms with Crippen LogP contribution in [-0.2, 0) is 14.8 Å². The molecule has 17 heavy (non-hydrogen) atoms. The number of carbonyl (C=O) groups is 1. The first-order valence-electron chi connectivity index (χ1n) is 5.01. The van der Waals surface area contributed by atoms with Crippen LogP contribution in [0.25, 0.3) is 0 Å². The van der Waals surface area contributed by atoms with Crippen molar-refractivity contribution >= 4 is 27.3 Å². The third kappa shape index (κ3) is 3.92. The predicted molar refractivity (Wildman–Crippen MR) is 68.4 cm³/mol. The molecule has 0 bridgehead atoms. The minimum atomic E-state index is -3.36. The molecule has 5 nitrogen and oxygen atoms in total. The van der Waals surface area contributed by atoms with Gasteiger partial charge in [0.15, 0.2) is 0 Å². The van der Waals surface area contributed by atoms with Crippen molar-refractivity contribution in [2.75, 3.05) is 15.8 Å². The van der Waals surface area contributed by atoms with E-state index in [4.69, 9.17) is 0 Å². The lowest BCUT2D eigenvalue weighted by Gasteiger charge is -2.11. The molecule has 0 saturated heterocycles. The number of hydrogen-bond acceptors (Lipinski definition) is 3. The highest BCUT2D eigenvalue weighted by Crippen LogP contribution is 2.22. The molecule has 92 valence electrons. The van der Waals surface area contributed by atoms with E-state index in [0.717, 1.165) is 6.08 Å². The Bertz CT molecular complexity index is 523. The van der Waals surface area contributed by atoms with Crippen LogP contribution in [0.1, 0.15) is 6.92 Å². The second-order valence-corrected chi connectivity index (χ2v) is 5.26. The third-order valence-corrected chi connectivity index (χ3v) is 3.31. The number of nitrogens with one attached hydrogen (secondary N) is 2. The third-order valence-electron chi connectivity index (χ3n) is 2.02. The van der Waals surface area contributed by atoms with Crippen molar-refractivity contribution in [3.8, 4) is 0 Å². The van der Waals surface area contributed by atoms with E-state index in [1.54, 1.807) is 24.3 Å². The fourth-order valence-corrected chi connectivity index (χ4v) is 1.76. The van der Waals surface area contributed by atoms with Crippen molar-refractivity contribution in [2.24, 2.45) is 0 Å². The Kier molecular flexibility index (Phi) is 4.28. The molecule has 1 aromatic rings. The monoisotopic (exact) mass is 254 g/mol. The molecule has 0 fully saturated rings. The quantitative estimate of drug-likeness (QED) is 0.783. The van der Waals surface area contributed by atoms with Crippen molar-refractivity contribution in [1.29, 1.82) is 0 Å². The van der Waals surface area contributed by atoms with E-state index in [2.05, 4.69) is 16.6 Å². The topological polar surface area (TPSA) is 75.3 Å². The number of amides is 1. The van der Waals surface area contributed by atoms with Crippen molar-refractivity contribution in [2.45, 2.75) is 6.92 Å². The SMILES string of the molecule is C=CC(=O)Nc1ccccc1NS(=O)(=O)CC. The minimum absolute atomic E-state index is 0.0310. The average Bonchev–Trinajstić information content (AvgIpc) is 2.31. The van der Waals surface area contributed by atoms with Crippen LogP contribution in [0, 0.1) is 0 Å². The summed E-state index contributed by atoms with van der Waals surface area (Å²) in [5.74, 6) is -0.426. The molecule has 1 amide bonds. The second kappa shape index (κ2) is 5.49. The Morgan fingerprint density at radius 2 is 1.94 bits per heavy atom. The van der Waals surface area contributed by atoms with Crippen LogP contribution in [0.4, 0.5) is 11.4 Å². The summed E-state index contributed by atoms with van der Waals surface area (Å²) in [5, 5.41) is 2.52. The summed E-state index contributed by atoms with van der Waals surface area (Å²) in [7, 11) is -3.36. The van der Waals surface area contributed by atoms with Gasteiger partial charge in [0.1, 0.15) is 0 Å². The maximum absolute atomic E-state index is 11.4. The van der Waals surface area contributed by atoms with E-state index in [9.17, 15) is 13.2 Å². The lowest BCUT2D eigenvalue weighted by atomic mass is 10.2. The first-order chi connectivity index (χ1) is 7.98. The highest BCUT2D eigenvalue weighted by Gasteiger charge is 2.10. The zero-order valence-corrected chi connectivity index (χ0v) is 10.3. The van der Waals surface area contributed by atoms with Crippen LogP contribution in [0.15, 0.2) is 36.9 Å². The van der Waals surface area contributed by atoms with E-state index in [1.807, 2.05) is 0 Å². The number of carbonyl (C=O) groups excluding carboxylic acids is 1. The van der Waals surface area contributed by atoms with Gasteiger partial charge in [0.25, 0.3) is 0 Å². The van der Waals surface area contributed by atoms with E-state index < -0.39 is 15.9 Å². The summed E-state index contributed by atoms with van der Waals surface area (Å²) in [6.07, 6.45) is 1.12. The molecule has 0 aliphatic rings. The van der Waals surface area contributed by atoms with Gasteiger partial charge in [-0.2, -0.15) is 0 Å². The summed E-state index contributed by atoms with van der Waals surface area (Å²) < 4.78 is 25.3. The highest BCUT2D eigenvalue weighted by atomic mass is 32.2. The molecule has 0 aromatic heterocycles. The summed E-state index contributed by atoms with van der Waals surface area (Å²) >= 11 is 0. The molecule has 0 aliphatic heterocycles. The molecule has 0 saturated carbocycles. The van der Waals surface area contributed by atoms with Crippen molar-refractivity contribution in [1.82, 2.24) is 0 Å². The zero-order chi connectivity index (χ0) is 12.9. The molecule has 1 aromatic carbocycles. The minimum Gasteiger partial charge on any atom is -0.321 e. The molecule has 2 N–H and O–H groups in total. The lowest BCUT2D eigenvalue weighted by Crippen LogP contribution is -2.17. The Labute approximate surface area is 101 Å². The number of sulfonamides is 1. The lowest BCUT2D eigenvalue weighted by molar-refractivity contribution is -0.111. The fraction of sp³-hybridized carbons (Fsp3) is 0.182. The molecule has 6 heteroatoms. The normalized spacial score (nSPS) is 10.6. The van der Waals surface area contributed by atoms with Crippen LogP contribution in [-0.4, -0.2) is 20.1 Å². The molecule has 0 spiro atoms. The van der Waals surface area contributed by atoms with Gasteiger partial charge in [-0.3, -0.25) is 9.52 Å². The van der Waals surface area contributed by atoms with E-state index in [-0.39, 0.29) is 5.75 Å². The molecular formula is C11H14N2O3S. The summed E-state index contributed by atoms with van der Waals surface area (Å²) in [4.78, 5) is 11.2. The Balaban J connectivity index is 3.00. The standard InChI is InChI=1S/C11H14N2O3S/c1-3-11(14)12-9-7-5-6-8-10(9)13-17(15,16)4-2/h3,5-8,13H,1,4H2,2H3,(H,12,14). The van der Waals surface area contributed by atoms with Crippen LogP contribution in [0.2, 0.25) is 0 Å². The smallest absolute Gasteiger partial charge is 0.247 e. The summed E-state index contributed by atoms with van der Waals surface area (Å²) in [6, 6.07) is 6.56. The fourth-order valence-electron chi connectivity index (χ4n) is 1.10. The van der Waals surface area contributed by atoms with Crippen molar-refractivity contribution in [3.63, 3.8) is 0 Å². The molecular weight excluding hydrogens is 240 g/mol. The summed E-state index contributed by atoms with van der Waals surface area (Å²) in [5.41, 5.74) is 0.735. The van der Waals surface area contributed by atoms with Gasteiger partial charge >= 0.3 is 0 Å².